The molecule has 1 aromatic carbocycles. The number of ether oxygens (including phenoxy) is 1. The van der Waals surface area contributed by atoms with Crippen LogP contribution in [0, 0.1) is 0 Å². The minimum atomic E-state index is -5.66. The zero-order chi connectivity index (χ0) is 15.8. The molecule has 0 radical (unpaired) electrons. The first-order valence-electron chi connectivity index (χ1n) is 6.32. The molecular weight excluding hydrogens is 309 g/mol. The molecule has 1 aliphatic carbocycles. The van der Waals surface area contributed by atoms with Gasteiger partial charge < -0.3 is 8.92 Å². The summed E-state index contributed by atoms with van der Waals surface area (Å²) in [6.07, 6.45) is 1.48. The molecular formula is C13H15F3O4S. The highest BCUT2D eigenvalue weighted by Gasteiger charge is 2.48. The summed E-state index contributed by atoms with van der Waals surface area (Å²) in [5, 5.41) is 0. The van der Waals surface area contributed by atoms with E-state index in [4.69, 9.17) is 4.74 Å². The highest BCUT2D eigenvalue weighted by molar-refractivity contribution is 7.88. The van der Waals surface area contributed by atoms with E-state index in [0.717, 1.165) is 18.4 Å². The second-order valence-electron chi connectivity index (χ2n) is 4.97. The van der Waals surface area contributed by atoms with Gasteiger partial charge in [0.2, 0.25) is 0 Å². The molecule has 0 heterocycles. The summed E-state index contributed by atoms with van der Waals surface area (Å²) >= 11 is 0. The van der Waals surface area contributed by atoms with Gasteiger partial charge in [-0.2, -0.15) is 21.6 Å². The second kappa shape index (κ2) is 5.49. The zero-order valence-corrected chi connectivity index (χ0v) is 12.3. The minimum Gasteiger partial charge on any atom is -0.377 e. The third-order valence-corrected chi connectivity index (χ3v) is 4.29. The number of rotatable bonds is 5. The fourth-order valence-corrected chi connectivity index (χ4v) is 2.34. The number of halogens is 3. The highest BCUT2D eigenvalue weighted by atomic mass is 32.2. The monoisotopic (exact) mass is 324 g/mol. The summed E-state index contributed by atoms with van der Waals surface area (Å²) in [5.74, 6) is -0.0967. The maximum atomic E-state index is 12.4. The molecule has 0 N–H and O–H groups in total. The Bertz CT molecular complexity index is 621. The lowest BCUT2D eigenvalue weighted by Gasteiger charge is -2.15. The average molecular weight is 324 g/mol. The van der Waals surface area contributed by atoms with Crippen molar-refractivity contribution in [1.29, 1.82) is 0 Å². The molecule has 0 bridgehead atoms. The predicted octanol–water partition coefficient (Wildman–Crippen LogP) is 3.50. The normalized spacial score (nSPS) is 17.6. The maximum Gasteiger partial charge on any atom is 0.534 e. The Hall–Kier alpha value is -1.28. The fourth-order valence-electron chi connectivity index (χ4n) is 1.89. The third-order valence-electron chi connectivity index (χ3n) is 3.31. The molecule has 1 fully saturated rings. The van der Waals surface area contributed by atoms with E-state index in [1.165, 1.54) is 19.2 Å². The van der Waals surface area contributed by atoms with Gasteiger partial charge in [-0.1, -0.05) is 6.07 Å². The Labute approximate surface area is 121 Å². The van der Waals surface area contributed by atoms with E-state index in [1.807, 2.05) is 0 Å². The SMILES string of the molecule is COC(C)c1cc(OS(=O)(=O)C(F)(F)F)cc(C2CC2)c1. The number of hydrogen-bond acceptors (Lipinski definition) is 4. The van der Waals surface area contributed by atoms with E-state index in [-0.39, 0.29) is 17.8 Å². The van der Waals surface area contributed by atoms with Gasteiger partial charge in [-0.25, -0.2) is 0 Å². The van der Waals surface area contributed by atoms with Crippen LogP contribution in [-0.4, -0.2) is 21.0 Å². The molecule has 0 aliphatic heterocycles. The summed E-state index contributed by atoms with van der Waals surface area (Å²) in [7, 11) is -4.20. The molecule has 1 aliphatic rings. The van der Waals surface area contributed by atoms with Gasteiger partial charge in [0.05, 0.1) is 6.10 Å². The van der Waals surface area contributed by atoms with Crippen molar-refractivity contribution in [2.45, 2.75) is 37.3 Å². The Balaban J connectivity index is 2.37. The molecule has 1 atom stereocenters. The molecule has 1 aromatic rings. The average Bonchev–Trinajstić information content (AvgIpc) is 3.19. The van der Waals surface area contributed by atoms with Crippen molar-refractivity contribution in [3.05, 3.63) is 29.3 Å². The van der Waals surface area contributed by atoms with E-state index in [2.05, 4.69) is 4.18 Å². The molecule has 0 spiro atoms. The quantitative estimate of drug-likeness (QED) is 0.614. The number of alkyl halides is 3. The molecule has 1 saturated carbocycles. The van der Waals surface area contributed by atoms with E-state index in [9.17, 15) is 21.6 Å². The van der Waals surface area contributed by atoms with Gasteiger partial charge in [-0.3, -0.25) is 0 Å². The highest BCUT2D eigenvalue weighted by Crippen LogP contribution is 2.42. The summed E-state index contributed by atoms with van der Waals surface area (Å²) in [4.78, 5) is 0. The molecule has 21 heavy (non-hydrogen) atoms. The van der Waals surface area contributed by atoms with Crippen molar-refractivity contribution in [3.63, 3.8) is 0 Å². The Kier molecular flexibility index (Phi) is 4.21. The molecule has 0 saturated heterocycles. The summed E-state index contributed by atoms with van der Waals surface area (Å²) in [5.41, 5.74) is -4.10. The lowest BCUT2D eigenvalue weighted by Crippen LogP contribution is -2.28. The Morgan fingerprint density at radius 3 is 2.33 bits per heavy atom. The van der Waals surface area contributed by atoms with E-state index >= 15 is 0 Å². The zero-order valence-electron chi connectivity index (χ0n) is 11.5. The first kappa shape index (κ1) is 16.1. The third kappa shape index (κ3) is 3.68. The van der Waals surface area contributed by atoms with Crippen LogP contribution in [0.2, 0.25) is 0 Å². The van der Waals surface area contributed by atoms with Gasteiger partial charge in [-0.15, -0.1) is 0 Å². The molecule has 0 aromatic heterocycles. The van der Waals surface area contributed by atoms with Crippen LogP contribution in [0.25, 0.3) is 0 Å². The molecule has 8 heteroatoms. The number of benzene rings is 1. The predicted molar refractivity (Wildman–Crippen MR) is 69.4 cm³/mol. The van der Waals surface area contributed by atoms with Crippen LogP contribution >= 0.6 is 0 Å². The topological polar surface area (TPSA) is 52.6 Å². The smallest absolute Gasteiger partial charge is 0.377 e. The standard InChI is InChI=1S/C13H15F3O4S/c1-8(19-2)10-5-11(9-3-4-9)7-12(6-10)20-21(17,18)13(14,15)16/h5-9H,3-4H2,1-2H3. The fraction of sp³-hybridized carbons (Fsp3) is 0.538. The Morgan fingerprint density at radius 1 is 1.24 bits per heavy atom. The summed E-state index contributed by atoms with van der Waals surface area (Å²) < 4.78 is 68.6. The summed E-state index contributed by atoms with van der Waals surface area (Å²) in [6.45, 7) is 1.72. The van der Waals surface area contributed by atoms with Crippen molar-refractivity contribution in [3.8, 4) is 5.75 Å². The molecule has 4 nitrogen and oxygen atoms in total. The van der Waals surface area contributed by atoms with E-state index < -0.39 is 15.6 Å². The van der Waals surface area contributed by atoms with Crippen molar-refractivity contribution in [1.82, 2.24) is 0 Å². The maximum absolute atomic E-state index is 12.4. The minimum absolute atomic E-state index is 0.241. The lowest BCUT2D eigenvalue weighted by atomic mass is 10.0. The van der Waals surface area contributed by atoms with Crippen LogP contribution in [0.3, 0.4) is 0 Å². The van der Waals surface area contributed by atoms with Gasteiger partial charge >= 0.3 is 15.6 Å². The number of methoxy groups -OCH3 is 1. The molecule has 118 valence electrons. The Morgan fingerprint density at radius 2 is 1.86 bits per heavy atom. The van der Waals surface area contributed by atoms with E-state index in [1.54, 1.807) is 13.0 Å². The lowest BCUT2D eigenvalue weighted by molar-refractivity contribution is -0.0500. The van der Waals surface area contributed by atoms with Crippen molar-refractivity contribution in [2.75, 3.05) is 7.11 Å². The van der Waals surface area contributed by atoms with Crippen LogP contribution in [0.1, 0.15) is 42.9 Å². The largest absolute Gasteiger partial charge is 0.534 e. The first-order valence-corrected chi connectivity index (χ1v) is 7.73. The van der Waals surface area contributed by atoms with Gasteiger partial charge in [-0.05, 0) is 48.9 Å². The van der Waals surface area contributed by atoms with Crippen molar-refractivity contribution < 1.29 is 30.5 Å². The molecule has 0 amide bonds. The van der Waals surface area contributed by atoms with Gasteiger partial charge in [0.1, 0.15) is 5.75 Å². The van der Waals surface area contributed by atoms with Crippen LogP contribution in [0.15, 0.2) is 18.2 Å². The van der Waals surface area contributed by atoms with Crippen LogP contribution in [-0.2, 0) is 14.9 Å². The second-order valence-corrected chi connectivity index (χ2v) is 6.51. The first-order chi connectivity index (χ1) is 9.64. The van der Waals surface area contributed by atoms with E-state index in [0.29, 0.717) is 5.56 Å². The molecule has 2 rings (SSSR count). The van der Waals surface area contributed by atoms with Crippen molar-refractivity contribution in [2.24, 2.45) is 0 Å². The van der Waals surface area contributed by atoms with Crippen molar-refractivity contribution >= 4 is 10.1 Å². The van der Waals surface area contributed by atoms with Gasteiger partial charge in [0.15, 0.2) is 0 Å². The molecule has 1 unspecified atom stereocenters. The number of hydrogen-bond donors (Lipinski definition) is 0. The van der Waals surface area contributed by atoms with Crippen LogP contribution in [0.5, 0.6) is 5.75 Å². The van der Waals surface area contributed by atoms with Gasteiger partial charge in [0, 0.05) is 7.11 Å². The van der Waals surface area contributed by atoms with Crippen LogP contribution < -0.4 is 4.18 Å². The van der Waals surface area contributed by atoms with Crippen LogP contribution in [0.4, 0.5) is 13.2 Å². The van der Waals surface area contributed by atoms with Gasteiger partial charge in [0.25, 0.3) is 0 Å². The summed E-state index contributed by atoms with van der Waals surface area (Å²) in [6, 6.07) is 4.40.